The quantitative estimate of drug-likeness (QED) is 0.328. The number of benzene rings is 1. The van der Waals surface area contributed by atoms with Crippen molar-refractivity contribution in [3.05, 3.63) is 35.4 Å². The molecule has 1 aliphatic carbocycles. The zero-order valence-corrected chi connectivity index (χ0v) is 16.1. The lowest BCUT2D eigenvalue weighted by molar-refractivity contribution is -0.343. The summed E-state index contributed by atoms with van der Waals surface area (Å²) in [5.74, 6) is -18.9. The number of hydrogen-bond donors (Lipinski definition) is 0. The van der Waals surface area contributed by atoms with Crippen molar-refractivity contribution in [3.8, 4) is 0 Å². The van der Waals surface area contributed by atoms with E-state index in [1.165, 1.54) is 12.1 Å². The first-order valence-corrected chi connectivity index (χ1v) is 9.52. The summed E-state index contributed by atoms with van der Waals surface area (Å²) in [6.07, 6.45) is 0.137. The summed E-state index contributed by atoms with van der Waals surface area (Å²) in [4.78, 5) is 11.8. The van der Waals surface area contributed by atoms with Crippen LogP contribution >= 0.6 is 0 Å². The van der Waals surface area contributed by atoms with E-state index in [0.717, 1.165) is 37.7 Å². The van der Waals surface area contributed by atoms with Crippen LogP contribution in [0.2, 0.25) is 0 Å². The molecule has 0 aromatic heterocycles. The summed E-state index contributed by atoms with van der Waals surface area (Å²) >= 11 is 0. The predicted molar refractivity (Wildman–Crippen MR) is 92.6 cm³/mol. The molecule has 0 unspecified atom stereocenters. The molecule has 1 aliphatic rings. The van der Waals surface area contributed by atoms with Gasteiger partial charge in [0.25, 0.3) is 0 Å². The summed E-state index contributed by atoms with van der Waals surface area (Å²) < 4.78 is 107. The smallest absolute Gasteiger partial charge is 0.381 e. The molecule has 0 atom stereocenters. The van der Waals surface area contributed by atoms with Gasteiger partial charge in [0.2, 0.25) is 0 Å². The van der Waals surface area contributed by atoms with Crippen molar-refractivity contribution >= 4 is 5.97 Å². The maximum absolute atomic E-state index is 13.5. The highest BCUT2D eigenvalue weighted by molar-refractivity contribution is 5.89. The highest BCUT2D eigenvalue weighted by Crippen LogP contribution is 2.48. The molecule has 0 bridgehead atoms. The first kappa shape index (κ1) is 24.4. The van der Waals surface area contributed by atoms with Crippen LogP contribution in [0.5, 0.6) is 0 Å². The number of carbonyl (C=O) groups is 1. The van der Waals surface area contributed by atoms with Crippen LogP contribution < -0.4 is 0 Å². The molecule has 2 rings (SSSR count). The minimum atomic E-state index is -6.41. The van der Waals surface area contributed by atoms with Gasteiger partial charge in [0.05, 0.1) is 5.56 Å². The zero-order chi connectivity index (χ0) is 22.7. The number of esters is 1. The first-order valence-electron chi connectivity index (χ1n) is 9.52. The SMILES string of the molecule is CC[C@H]1CC[C@H](c2ccc(C(=O)OCC(F)(F)C(F)(F)C(F)(F)C(F)F)cc2)CC1. The molecular formula is C20H22F8O2. The maximum Gasteiger partial charge on any atom is 0.381 e. The molecule has 0 heterocycles. The average molecular weight is 446 g/mol. The predicted octanol–water partition coefficient (Wildman–Crippen LogP) is 6.70. The minimum absolute atomic E-state index is 0.249. The minimum Gasteiger partial charge on any atom is -0.455 e. The Labute approximate surface area is 168 Å². The Bertz CT molecular complexity index is 710. The number of hydrogen-bond acceptors (Lipinski definition) is 2. The van der Waals surface area contributed by atoms with E-state index in [-0.39, 0.29) is 11.5 Å². The van der Waals surface area contributed by atoms with E-state index >= 15 is 0 Å². The number of rotatable bonds is 8. The molecule has 1 fully saturated rings. The van der Waals surface area contributed by atoms with Gasteiger partial charge in [0.1, 0.15) is 0 Å². The van der Waals surface area contributed by atoms with Crippen LogP contribution in [-0.2, 0) is 4.74 Å². The van der Waals surface area contributed by atoms with E-state index in [1.54, 1.807) is 12.1 Å². The van der Waals surface area contributed by atoms with Gasteiger partial charge in [0.15, 0.2) is 6.61 Å². The van der Waals surface area contributed by atoms with Gasteiger partial charge in [-0.15, -0.1) is 0 Å². The number of alkyl halides is 8. The maximum atomic E-state index is 13.5. The second kappa shape index (κ2) is 9.09. The van der Waals surface area contributed by atoms with Crippen molar-refractivity contribution < 1.29 is 44.7 Å². The van der Waals surface area contributed by atoms with Crippen molar-refractivity contribution in [3.63, 3.8) is 0 Å². The van der Waals surface area contributed by atoms with E-state index in [1.807, 2.05) is 0 Å². The third kappa shape index (κ3) is 4.88. The molecule has 0 amide bonds. The normalized spacial score (nSPS) is 21.0. The molecule has 170 valence electrons. The Morgan fingerprint density at radius 3 is 2.00 bits per heavy atom. The van der Waals surface area contributed by atoms with Gasteiger partial charge in [-0.2, -0.15) is 26.3 Å². The topological polar surface area (TPSA) is 26.3 Å². The van der Waals surface area contributed by atoms with Gasteiger partial charge in [0, 0.05) is 0 Å². The monoisotopic (exact) mass is 446 g/mol. The lowest BCUT2D eigenvalue weighted by Crippen LogP contribution is -2.59. The molecule has 1 saturated carbocycles. The summed E-state index contributed by atoms with van der Waals surface area (Å²) in [5.41, 5.74) is 0.676. The van der Waals surface area contributed by atoms with Crippen molar-refractivity contribution in [2.24, 2.45) is 5.92 Å². The summed E-state index contributed by atoms with van der Waals surface area (Å²) in [7, 11) is 0. The molecule has 0 spiro atoms. The Morgan fingerprint density at radius 1 is 1.00 bits per heavy atom. The molecule has 1 aromatic carbocycles. The standard InChI is InChI=1S/C20H22F8O2/c1-2-12-3-5-13(6-4-12)14-7-9-15(10-8-14)16(29)30-11-18(23,24)20(27,28)19(25,26)17(21)22/h7-10,12-13,17H,2-6,11H2,1H3/t12-,13-. The Balaban J connectivity index is 1.99. The second-order valence-corrected chi connectivity index (χ2v) is 7.53. The molecular weight excluding hydrogens is 424 g/mol. The zero-order valence-electron chi connectivity index (χ0n) is 16.1. The molecule has 30 heavy (non-hydrogen) atoms. The second-order valence-electron chi connectivity index (χ2n) is 7.53. The average Bonchev–Trinajstić information content (AvgIpc) is 2.71. The van der Waals surface area contributed by atoms with E-state index in [9.17, 15) is 39.9 Å². The molecule has 0 N–H and O–H groups in total. The molecule has 0 aliphatic heterocycles. The summed E-state index contributed by atoms with van der Waals surface area (Å²) in [6.45, 7) is -0.344. The van der Waals surface area contributed by atoms with Gasteiger partial charge < -0.3 is 4.74 Å². The van der Waals surface area contributed by atoms with Gasteiger partial charge in [-0.3, -0.25) is 0 Å². The number of carbonyl (C=O) groups excluding carboxylic acids is 1. The van der Waals surface area contributed by atoms with Crippen molar-refractivity contribution in [1.82, 2.24) is 0 Å². The number of halogens is 8. The van der Waals surface area contributed by atoms with E-state index in [0.29, 0.717) is 5.92 Å². The van der Waals surface area contributed by atoms with Crippen LogP contribution in [0, 0.1) is 5.92 Å². The highest BCUT2D eigenvalue weighted by Gasteiger charge is 2.75. The van der Waals surface area contributed by atoms with Gasteiger partial charge >= 0.3 is 30.2 Å². The largest absolute Gasteiger partial charge is 0.455 e. The van der Waals surface area contributed by atoms with Crippen LogP contribution in [-0.4, -0.2) is 36.8 Å². The van der Waals surface area contributed by atoms with Crippen LogP contribution in [0.15, 0.2) is 24.3 Å². The molecule has 2 nitrogen and oxygen atoms in total. The van der Waals surface area contributed by atoms with Gasteiger partial charge in [-0.1, -0.05) is 25.5 Å². The molecule has 0 radical (unpaired) electrons. The molecule has 10 heteroatoms. The van der Waals surface area contributed by atoms with Gasteiger partial charge in [-0.05, 0) is 55.2 Å². The Kier molecular flexibility index (Phi) is 7.40. The van der Waals surface area contributed by atoms with Crippen LogP contribution in [0.4, 0.5) is 35.1 Å². The van der Waals surface area contributed by atoms with E-state index < -0.39 is 36.8 Å². The summed E-state index contributed by atoms with van der Waals surface area (Å²) in [5, 5.41) is 0. The fourth-order valence-electron chi connectivity index (χ4n) is 3.51. The summed E-state index contributed by atoms with van der Waals surface area (Å²) in [6, 6.07) is 5.69. The Morgan fingerprint density at radius 2 is 1.53 bits per heavy atom. The van der Waals surface area contributed by atoms with Crippen LogP contribution in [0.1, 0.15) is 60.9 Å². The van der Waals surface area contributed by atoms with Crippen molar-refractivity contribution in [1.29, 1.82) is 0 Å². The third-order valence-corrected chi connectivity index (χ3v) is 5.58. The molecule has 1 aromatic rings. The van der Waals surface area contributed by atoms with E-state index in [4.69, 9.17) is 0 Å². The van der Waals surface area contributed by atoms with Crippen molar-refractivity contribution in [2.45, 2.75) is 69.1 Å². The first-order chi connectivity index (χ1) is 13.8. The van der Waals surface area contributed by atoms with Crippen LogP contribution in [0.25, 0.3) is 0 Å². The van der Waals surface area contributed by atoms with Crippen molar-refractivity contribution in [2.75, 3.05) is 6.61 Å². The number of ether oxygens (including phenoxy) is 1. The fraction of sp³-hybridized carbons (Fsp3) is 0.650. The van der Waals surface area contributed by atoms with Crippen LogP contribution in [0.3, 0.4) is 0 Å². The lowest BCUT2D eigenvalue weighted by Gasteiger charge is -2.31. The molecule has 0 saturated heterocycles. The van der Waals surface area contributed by atoms with E-state index in [2.05, 4.69) is 11.7 Å². The fourth-order valence-corrected chi connectivity index (χ4v) is 3.51. The highest BCUT2D eigenvalue weighted by atomic mass is 19.4. The Hall–Kier alpha value is -1.87. The van der Waals surface area contributed by atoms with Gasteiger partial charge in [-0.25, -0.2) is 13.6 Å². The lowest BCUT2D eigenvalue weighted by atomic mass is 9.78. The third-order valence-electron chi connectivity index (χ3n) is 5.58.